The molecule has 1 aliphatic carbocycles. The van der Waals surface area contributed by atoms with Crippen LogP contribution in [0.3, 0.4) is 0 Å². The fraction of sp³-hybridized carbons (Fsp3) is 0.533. The van der Waals surface area contributed by atoms with E-state index in [2.05, 4.69) is 11.8 Å². The summed E-state index contributed by atoms with van der Waals surface area (Å²) in [6.07, 6.45) is 15.8. The average molecular weight is 511 g/mol. The molecule has 0 unspecified atom stereocenters. The summed E-state index contributed by atoms with van der Waals surface area (Å²) in [5.74, 6) is 3.22. The maximum atomic E-state index is 12.0. The van der Waals surface area contributed by atoms with E-state index in [0.717, 1.165) is 0 Å². The lowest BCUT2D eigenvalue weighted by Crippen LogP contribution is -2.25. The third-order valence-electron chi connectivity index (χ3n) is 6.64. The minimum atomic E-state index is -0.687. The van der Waals surface area contributed by atoms with Crippen LogP contribution in [0, 0.1) is 42.4 Å². The number of hydrogen-bond acceptors (Lipinski definition) is 7. The van der Waals surface area contributed by atoms with Gasteiger partial charge in [0.1, 0.15) is 12.4 Å². The normalized spacial score (nSPS) is 21.9. The molecule has 0 saturated heterocycles. The van der Waals surface area contributed by atoms with Crippen LogP contribution in [-0.2, 0) is 14.3 Å². The van der Waals surface area contributed by atoms with E-state index in [1.807, 2.05) is 42.5 Å². The molecule has 0 spiro atoms. The molecule has 7 heteroatoms. The second kappa shape index (κ2) is 16.6. The SMILES string of the molecule is C#CCC(CC#C)C(=O)OC(=O)CCC/C=C\C[C@@H]1[C@@H](CC[C@@H](O)COc2ccccc2)[C@H](O)C[C@@H]1O. The van der Waals surface area contributed by atoms with Gasteiger partial charge in [0.15, 0.2) is 0 Å². The fourth-order valence-corrected chi connectivity index (χ4v) is 4.59. The number of carbonyl (C=O) groups excluding carboxylic acids is 2. The maximum Gasteiger partial charge on any atom is 0.318 e. The van der Waals surface area contributed by atoms with Crippen molar-refractivity contribution in [3.63, 3.8) is 0 Å². The average Bonchev–Trinajstić information content (AvgIpc) is 3.15. The topological polar surface area (TPSA) is 113 Å². The molecule has 37 heavy (non-hydrogen) atoms. The summed E-state index contributed by atoms with van der Waals surface area (Å²) in [5.41, 5.74) is 0. The molecule has 0 aromatic heterocycles. The Bertz CT molecular complexity index is 927. The monoisotopic (exact) mass is 510 g/mol. The van der Waals surface area contributed by atoms with E-state index in [1.165, 1.54) is 0 Å². The first-order chi connectivity index (χ1) is 17.8. The highest BCUT2D eigenvalue weighted by molar-refractivity contribution is 5.87. The third kappa shape index (κ3) is 10.8. The number of unbranched alkanes of at least 4 members (excludes halogenated alkanes) is 1. The number of terminal acetylenes is 2. The van der Waals surface area contributed by atoms with Crippen LogP contribution in [0.1, 0.15) is 57.8 Å². The van der Waals surface area contributed by atoms with Crippen LogP contribution in [0.4, 0.5) is 0 Å². The molecule has 5 atom stereocenters. The number of rotatable bonds is 15. The lowest BCUT2D eigenvalue weighted by molar-refractivity contribution is -0.162. The number of benzene rings is 1. The van der Waals surface area contributed by atoms with Crippen LogP contribution in [0.2, 0.25) is 0 Å². The summed E-state index contributed by atoms with van der Waals surface area (Å²) in [7, 11) is 0. The minimum absolute atomic E-state index is 0.0885. The predicted octanol–water partition coefficient (Wildman–Crippen LogP) is 3.41. The fourth-order valence-electron chi connectivity index (χ4n) is 4.59. The van der Waals surface area contributed by atoms with E-state index in [9.17, 15) is 24.9 Å². The first-order valence-electron chi connectivity index (χ1n) is 12.8. The smallest absolute Gasteiger partial charge is 0.318 e. The minimum Gasteiger partial charge on any atom is -0.491 e. The first kappa shape index (κ1) is 30.1. The number of aliphatic hydroxyl groups is 3. The number of carbonyl (C=O) groups is 2. The van der Waals surface area contributed by atoms with Gasteiger partial charge >= 0.3 is 11.9 Å². The molecule has 200 valence electrons. The summed E-state index contributed by atoms with van der Waals surface area (Å²) in [4.78, 5) is 23.9. The number of hydrogen-bond donors (Lipinski definition) is 3. The van der Waals surface area contributed by atoms with Crippen molar-refractivity contribution in [1.29, 1.82) is 0 Å². The molecule has 1 aliphatic rings. The molecule has 1 fully saturated rings. The van der Waals surface area contributed by atoms with Crippen LogP contribution >= 0.6 is 0 Å². The standard InChI is InChI=1S/C30H38O7/c1-3-12-22(13-4-2)30(35)37-29(34)17-11-6-5-10-16-25-26(28(33)20-27(25)32)19-18-23(31)21-36-24-14-8-7-9-15-24/h1-2,5,7-10,14-15,22-23,25-28,31-33H,6,11-13,16-21H2/b10-5-/t23-,25-,26-,27+,28-/m1/s1. The van der Waals surface area contributed by atoms with Crippen molar-refractivity contribution in [2.75, 3.05) is 6.61 Å². The number of para-hydroxylation sites is 1. The molecule has 0 radical (unpaired) electrons. The van der Waals surface area contributed by atoms with Gasteiger partial charge in [-0.3, -0.25) is 9.59 Å². The molecule has 2 rings (SSSR count). The Hall–Kier alpha value is -3.10. The van der Waals surface area contributed by atoms with E-state index in [-0.39, 0.29) is 37.7 Å². The Balaban J connectivity index is 1.69. The van der Waals surface area contributed by atoms with Gasteiger partial charge in [0.2, 0.25) is 0 Å². The number of aliphatic hydroxyl groups excluding tert-OH is 3. The molecule has 0 bridgehead atoms. The second-order valence-electron chi connectivity index (χ2n) is 9.46. The van der Waals surface area contributed by atoms with Crippen molar-refractivity contribution in [3.05, 3.63) is 42.5 Å². The molecular formula is C30H38O7. The van der Waals surface area contributed by atoms with Crippen LogP contribution in [-0.4, -0.2) is 52.2 Å². The molecule has 0 aliphatic heterocycles. The van der Waals surface area contributed by atoms with Crippen molar-refractivity contribution in [3.8, 4) is 30.4 Å². The van der Waals surface area contributed by atoms with Crippen LogP contribution in [0.15, 0.2) is 42.5 Å². The molecule has 3 N–H and O–H groups in total. The van der Waals surface area contributed by atoms with Crippen LogP contribution in [0.5, 0.6) is 5.75 Å². The molecule has 0 amide bonds. The Labute approximate surface area is 219 Å². The van der Waals surface area contributed by atoms with E-state index in [0.29, 0.717) is 44.3 Å². The van der Waals surface area contributed by atoms with Crippen LogP contribution in [0.25, 0.3) is 0 Å². The lowest BCUT2D eigenvalue weighted by atomic mass is 9.86. The van der Waals surface area contributed by atoms with Gasteiger partial charge in [-0.15, -0.1) is 24.7 Å². The van der Waals surface area contributed by atoms with Gasteiger partial charge in [0.25, 0.3) is 0 Å². The summed E-state index contributed by atoms with van der Waals surface area (Å²) >= 11 is 0. The number of allylic oxidation sites excluding steroid dienone is 2. The molecule has 1 aromatic carbocycles. The van der Waals surface area contributed by atoms with E-state index >= 15 is 0 Å². The Morgan fingerprint density at radius 1 is 1.05 bits per heavy atom. The van der Waals surface area contributed by atoms with Gasteiger partial charge < -0.3 is 24.8 Å². The van der Waals surface area contributed by atoms with E-state index in [4.69, 9.17) is 22.3 Å². The molecule has 1 aromatic rings. The predicted molar refractivity (Wildman–Crippen MR) is 140 cm³/mol. The highest BCUT2D eigenvalue weighted by Gasteiger charge is 2.40. The molecule has 1 saturated carbocycles. The van der Waals surface area contributed by atoms with Gasteiger partial charge in [-0.25, -0.2) is 0 Å². The molecule has 7 nitrogen and oxygen atoms in total. The highest BCUT2D eigenvalue weighted by atomic mass is 16.6. The highest BCUT2D eigenvalue weighted by Crippen LogP contribution is 2.38. The van der Waals surface area contributed by atoms with Crippen LogP contribution < -0.4 is 4.74 Å². The Morgan fingerprint density at radius 3 is 2.41 bits per heavy atom. The van der Waals surface area contributed by atoms with E-state index in [1.54, 1.807) is 0 Å². The first-order valence-corrected chi connectivity index (χ1v) is 12.8. The summed E-state index contributed by atoms with van der Waals surface area (Å²) in [6.45, 7) is 0.169. The van der Waals surface area contributed by atoms with Crippen molar-refractivity contribution >= 4 is 11.9 Å². The molecule has 0 heterocycles. The zero-order valence-corrected chi connectivity index (χ0v) is 21.2. The zero-order valence-electron chi connectivity index (χ0n) is 21.2. The lowest BCUT2D eigenvalue weighted by Gasteiger charge is -2.23. The summed E-state index contributed by atoms with van der Waals surface area (Å²) in [6, 6.07) is 9.27. The third-order valence-corrected chi connectivity index (χ3v) is 6.64. The van der Waals surface area contributed by atoms with Gasteiger partial charge in [-0.2, -0.15) is 0 Å². The largest absolute Gasteiger partial charge is 0.491 e. The van der Waals surface area contributed by atoms with Gasteiger partial charge in [0.05, 0.1) is 24.2 Å². The summed E-state index contributed by atoms with van der Waals surface area (Å²) in [5, 5.41) is 31.2. The molecular weight excluding hydrogens is 472 g/mol. The van der Waals surface area contributed by atoms with Gasteiger partial charge in [-0.1, -0.05) is 30.4 Å². The second-order valence-corrected chi connectivity index (χ2v) is 9.46. The number of ether oxygens (including phenoxy) is 2. The maximum absolute atomic E-state index is 12.0. The quantitative estimate of drug-likeness (QED) is 0.109. The summed E-state index contributed by atoms with van der Waals surface area (Å²) < 4.78 is 10.4. The van der Waals surface area contributed by atoms with Gasteiger partial charge in [0, 0.05) is 19.3 Å². The Kier molecular flexibility index (Phi) is 13.5. The Morgan fingerprint density at radius 2 is 1.73 bits per heavy atom. The van der Waals surface area contributed by atoms with Crippen molar-refractivity contribution < 1.29 is 34.4 Å². The van der Waals surface area contributed by atoms with Crippen molar-refractivity contribution in [2.24, 2.45) is 17.8 Å². The van der Waals surface area contributed by atoms with Crippen molar-refractivity contribution in [2.45, 2.75) is 76.1 Å². The number of esters is 2. The van der Waals surface area contributed by atoms with E-state index < -0.39 is 36.2 Å². The van der Waals surface area contributed by atoms with Crippen molar-refractivity contribution in [1.82, 2.24) is 0 Å². The van der Waals surface area contributed by atoms with Gasteiger partial charge in [-0.05, 0) is 62.5 Å². The zero-order chi connectivity index (χ0) is 27.0.